The molecule has 14 heavy (non-hydrogen) atoms. The van der Waals surface area contributed by atoms with Crippen molar-refractivity contribution in [3.63, 3.8) is 0 Å². The standard InChI is InChI=1S/C12H23NO/c1-13-10-12(8-5-9-14-12)11-6-3-2-4-7-11/h11,13H,2-10H2,1H3. The lowest BCUT2D eigenvalue weighted by molar-refractivity contribution is -0.0529. The Morgan fingerprint density at radius 1 is 1.21 bits per heavy atom. The van der Waals surface area contributed by atoms with Crippen molar-refractivity contribution in [3.8, 4) is 0 Å². The molecule has 2 fully saturated rings. The Balaban J connectivity index is 2.00. The number of ether oxygens (including phenoxy) is 1. The molecule has 82 valence electrons. The molecule has 0 aromatic carbocycles. The first-order chi connectivity index (χ1) is 6.87. The highest BCUT2D eigenvalue weighted by molar-refractivity contribution is 4.94. The van der Waals surface area contributed by atoms with Crippen molar-refractivity contribution in [2.24, 2.45) is 5.92 Å². The monoisotopic (exact) mass is 197 g/mol. The Morgan fingerprint density at radius 2 is 2.00 bits per heavy atom. The van der Waals surface area contributed by atoms with Gasteiger partial charge in [-0.3, -0.25) is 0 Å². The van der Waals surface area contributed by atoms with Crippen LogP contribution in [-0.4, -0.2) is 25.8 Å². The van der Waals surface area contributed by atoms with Crippen LogP contribution in [0.3, 0.4) is 0 Å². The van der Waals surface area contributed by atoms with Gasteiger partial charge in [0.1, 0.15) is 0 Å². The minimum absolute atomic E-state index is 0.204. The first-order valence-electron chi connectivity index (χ1n) is 6.16. The molecule has 0 aromatic heterocycles. The summed E-state index contributed by atoms with van der Waals surface area (Å²) in [5.74, 6) is 0.825. The molecule has 0 aromatic rings. The second-order valence-electron chi connectivity index (χ2n) is 4.88. The lowest BCUT2D eigenvalue weighted by Crippen LogP contribution is -2.46. The van der Waals surface area contributed by atoms with Gasteiger partial charge < -0.3 is 10.1 Å². The molecular formula is C12H23NO. The third-order valence-corrected chi connectivity index (χ3v) is 3.96. The molecule has 1 heterocycles. The molecule has 1 saturated carbocycles. The van der Waals surface area contributed by atoms with Crippen molar-refractivity contribution in [1.29, 1.82) is 0 Å². The van der Waals surface area contributed by atoms with E-state index in [2.05, 4.69) is 5.32 Å². The highest BCUT2D eigenvalue weighted by Crippen LogP contribution is 2.40. The van der Waals surface area contributed by atoms with Crippen molar-refractivity contribution >= 4 is 0 Å². The lowest BCUT2D eigenvalue weighted by atomic mass is 9.75. The summed E-state index contributed by atoms with van der Waals surface area (Å²) in [6, 6.07) is 0. The lowest BCUT2D eigenvalue weighted by Gasteiger charge is -2.39. The summed E-state index contributed by atoms with van der Waals surface area (Å²) in [6.07, 6.45) is 9.59. The second-order valence-corrected chi connectivity index (χ2v) is 4.88. The smallest absolute Gasteiger partial charge is 0.0834 e. The van der Waals surface area contributed by atoms with Crippen LogP contribution in [0.25, 0.3) is 0 Å². The average Bonchev–Trinajstić information content (AvgIpc) is 2.70. The van der Waals surface area contributed by atoms with Crippen LogP contribution in [0, 0.1) is 5.92 Å². The number of hydrogen-bond donors (Lipinski definition) is 1. The van der Waals surface area contributed by atoms with Gasteiger partial charge in [0.05, 0.1) is 5.60 Å². The summed E-state index contributed by atoms with van der Waals surface area (Å²) in [5, 5.41) is 3.32. The van der Waals surface area contributed by atoms with Crippen LogP contribution in [0.2, 0.25) is 0 Å². The zero-order valence-corrected chi connectivity index (χ0v) is 9.35. The fourth-order valence-electron chi connectivity index (χ4n) is 3.25. The highest BCUT2D eigenvalue weighted by Gasteiger charge is 2.42. The molecule has 1 aliphatic carbocycles. The van der Waals surface area contributed by atoms with E-state index in [0.29, 0.717) is 0 Å². The molecule has 1 aliphatic heterocycles. The van der Waals surface area contributed by atoms with Crippen LogP contribution >= 0.6 is 0 Å². The van der Waals surface area contributed by atoms with E-state index in [9.17, 15) is 0 Å². The molecule has 1 unspecified atom stereocenters. The summed E-state index contributed by atoms with van der Waals surface area (Å²) in [5.41, 5.74) is 0.204. The van der Waals surface area contributed by atoms with Crippen molar-refractivity contribution in [1.82, 2.24) is 5.32 Å². The van der Waals surface area contributed by atoms with Crippen LogP contribution < -0.4 is 5.32 Å². The molecule has 0 spiro atoms. The first-order valence-corrected chi connectivity index (χ1v) is 6.16. The molecule has 0 bridgehead atoms. The van der Waals surface area contributed by atoms with Crippen LogP contribution in [0.1, 0.15) is 44.9 Å². The van der Waals surface area contributed by atoms with E-state index in [-0.39, 0.29) is 5.60 Å². The Bertz CT molecular complexity index is 169. The van der Waals surface area contributed by atoms with Gasteiger partial charge >= 0.3 is 0 Å². The predicted molar refractivity (Wildman–Crippen MR) is 58.4 cm³/mol. The molecule has 0 amide bonds. The zero-order valence-electron chi connectivity index (χ0n) is 9.35. The van der Waals surface area contributed by atoms with Crippen molar-refractivity contribution < 1.29 is 4.74 Å². The van der Waals surface area contributed by atoms with Gasteiger partial charge in [-0.2, -0.15) is 0 Å². The minimum Gasteiger partial charge on any atom is -0.373 e. The summed E-state index contributed by atoms with van der Waals surface area (Å²) >= 11 is 0. The van der Waals surface area contributed by atoms with Gasteiger partial charge in [-0.15, -0.1) is 0 Å². The van der Waals surface area contributed by atoms with Gasteiger partial charge in [-0.05, 0) is 38.6 Å². The van der Waals surface area contributed by atoms with E-state index >= 15 is 0 Å². The van der Waals surface area contributed by atoms with E-state index in [1.54, 1.807) is 0 Å². The predicted octanol–water partition coefficient (Wildman–Crippen LogP) is 2.34. The van der Waals surface area contributed by atoms with Gasteiger partial charge in [0, 0.05) is 13.2 Å². The number of likely N-dealkylation sites (N-methyl/N-ethyl adjacent to an activating group) is 1. The van der Waals surface area contributed by atoms with Gasteiger partial charge in [0.25, 0.3) is 0 Å². The maximum absolute atomic E-state index is 6.06. The normalized spacial score (nSPS) is 34.9. The van der Waals surface area contributed by atoms with Gasteiger partial charge in [-0.1, -0.05) is 19.3 Å². The molecule has 1 atom stereocenters. The summed E-state index contributed by atoms with van der Waals surface area (Å²) in [7, 11) is 2.05. The van der Waals surface area contributed by atoms with Crippen molar-refractivity contribution in [2.45, 2.75) is 50.5 Å². The molecule has 1 saturated heterocycles. The quantitative estimate of drug-likeness (QED) is 0.750. The average molecular weight is 197 g/mol. The molecule has 2 rings (SSSR count). The summed E-state index contributed by atoms with van der Waals surface area (Å²) < 4.78 is 6.06. The van der Waals surface area contributed by atoms with Crippen LogP contribution in [0.4, 0.5) is 0 Å². The number of nitrogens with one attached hydrogen (secondary N) is 1. The highest BCUT2D eigenvalue weighted by atomic mass is 16.5. The van der Waals surface area contributed by atoms with Gasteiger partial charge in [-0.25, -0.2) is 0 Å². The topological polar surface area (TPSA) is 21.3 Å². The Kier molecular flexibility index (Phi) is 3.45. The van der Waals surface area contributed by atoms with E-state index in [0.717, 1.165) is 19.1 Å². The van der Waals surface area contributed by atoms with Crippen molar-refractivity contribution in [2.75, 3.05) is 20.2 Å². The second kappa shape index (κ2) is 4.63. The molecule has 2 heteroatoms. The fraction of sp³-hybridized carbons (Fsp3) is 1.00. The third-order valence-electron chi connectivity index (χ3n) is 3.96. The summed E-state index contributed by atoms with van der Waals surface area (Å²) in [6.45, 7) is 2.04. The Hall–Kier alpha value is -0.0800. The van der Waals surface area contributed by atoms with Gasteiger partial charge in [0.2, 0.25) is 0 Å². The van der Waals surface area contributed by atoms with Crippen LogP contribution in [0.15, 0.2) is 0 Å². The zero-order chi connectivity index (χ0) is 9.86. The molecule has 0 radical (unpaired) electrons. The largest absolute Gasteiger partial charge is 0.373 e. The minimum atomic E-state index is 0.204. The first kappa shape index (κ1) is 10.4. The van der Waals surface area contributed by atoms with E-state index in [4.69, 9.17) is 4.74 Å². The SMILES string of the molecule is CNCC1(C2CCCCC2)CCCO1. The van der Waals surface area contributed by atoms with E-state index in [1.807, 2.05) is 7.05 Å². The van der Waals surface area contributed by atoms with E-state index < -0.39 is 0 Å². The maximum atomic E-state index is 6.06. The number of hydrogen-bond acceptors (Lipinski definition) is 2. The maximum Gasteiger partial charge on any atom is 0.0834 e. The molecule has 2 nitrogen and oxygen atoms in total. The molecule has 1 N–H and O–H groups in total. The van der Waals surface area contributed by atoms with Crippen molar-refractivity contribution in [3.05, 3.63) is 0 Å². The van der Waals surface area contributed by atoms with Gasteiger partial charge in [0.15, 0.2) is 0 Å². The van der Waals surface area contributed by atoms with Crippen LogP contribution in [0.5, 0.6) is 0 Å². The fourth-order valence-corrected chi connectivity index (χ4v) is 3.25. The number of rotatable bonds is 3. The molecule has 2 aliphatic rings. The van der Waals surface area contributed by atoms with E-state index in [1.165, 1.54) is 44.9 Å². The third kappa shape index (κ3) is 1.96. The van der Waals surface area contributed by atoms with Crippen LogP contribution in [-0.2, 0) is 4.74 Å². The molecular weight excluding hydrogens is 174 g/mol. The Morgan fingerprint density at radius 3 is 2.57 bits per heavy atom. The Labute approximate surface area is 87.4 Å². The summed E-state index contributed by atoms with van der Waals surface area (Å²) in [4.78, 5) is 0.